The monoisotopic (exact) mass is 677 g/mol. The van der Waals surface area contributed by atoms with E-state index in [1.807, 2.05) is 6.08 Å². The van der Waals surface area contributed by atoms with Gasteiger partial charge < -0.3 is 4.90 Å². The fourth-order valence-electron chi connectivity index (χ4n) is 8.34. The zero-order chi connectivity index (χ0) is 35.4. The van der Waals surface area contributed by atoms with Gasteiger partial charge in [-0.15, -0.1) is 0 Å². The highest BCUT2D eigenvalue weighted by atomic mass is 15.1. The first-order valence-corrected chi connectivity index (χ1v) is 18.8. The summed E-state index contributed by atoms with van der Waals surface area (Å²) in [6.07, 6.45) is 15.9. The molecule has 3 heteroatoms. The summed E-state index contributed by atoms with van der Waals surface area (Å²) < 4.78 is 4.84. The second kappa shape index (κ2) is 14.8. The van der Waals surface area contributed by atoms with Crippen LogP contribution >= 0.6 is 0 Å². The van der Waals surface area contributed by atoms with Crippen LogP contribution in [0.5, 0.6) is 0 Å². The van der Waals surface area contributed by atoms with Gasteiger partial charge in [0.15, 0.2) is 24.1 Å². The topological polar surface area (TPSA) is 11.0 Å². The van der Waals surface area contributed by atoms with E-state index in [9.17, 15) is 0 Å². The molecule has 2 aromatic heterocycles. The molecule has 0 N–H and O–H groups in total. The summed E-state index contributed by atoms with van der Waals surface area (Å²) in [5.74, 6) is 0.382. The van der Waals surface area contributed by atoms with Crippen LogP contribution in [0.2, 0.25) is 0 Å². The van der Waals surface area contributed by atoms with E-state index in [2.05, 4.69) is 179 Å². The van der Waals surface area contributed by atoms with Crippen LogP contribution in [0.4, 0.5) is 11.4 Å². The molecule has 2 aliphatic rings. The molecule has 8 rings (SSSR count). The number of pyridine rings is 2. The molecule has 0 radical (unpaired) electrons. The highest BCUT2D eigenvalue weighted by Crippen LogP contribution is 2.44. The SMILES string of the molecule is C=Cc1ccc(N(CC/C=C/CC)c2ccc(-c3ccc4c(c3)-c3cccc[n+]3C(=C)CC3C(CC4)c4ccccc4-c4cccc[n+]43)cc2)cc1. The Bertz CT molecular complexity index is 2260. The summed E-state index contributed by atoms with van der Waals surface area (Å²) in [5, 5.41) is 0. The number of allylic oxidation sites excluding steroid dienone is 2. The van der Waals surface area contributed by atoms with E-state index < -0.39 is 0 Å². The molecule has 0 aliphatic carbocycles. The molecular weight excluding hydrogens is 631 g/mol. The number of anilines is 2. The largest absolute Gasteiger partial charge is 0.341 e. The lowest BCUT2D eigenvalue weighted by atomic mass is 9.77. The molecule has 2 aliphatic heterocycles. The third-order valence-corrected chi connectivity index (χ3v) is 11.0. The lowest BCUT2D eigenvalue weighted by Crippen LogP contribution is -2.49. The van der Waals surface area contributed by atoms with Gasteiger partial charge in [-0.1, -0.05) is 86.3 Å². The molecule has 52 heavy (non-hydrogen) atoms. The van der Waals surface area contributed by atoms with Crippen LogP contribution in [0.1, 0.15) is 61.3 Å². The van der Waals surface area contributed by atoms with Crippen molar-refractivity contribution in [2.75, 3.05) is 11.4 Å². The van der Waals surface area contributed by atoms with Gasteiger partial charge in [0.25, 0.3) is 0 Å². The second-order valence-corrected chi connectivity index (χ2v) is 14.1. The maximum Gasteiger partial charge on any atom is 0.218 e. The van der Waals surface area contributed by atoms with Gasteiger partial charge in [0, 0.05) is 53.7 Å². The van der Waals surface area contributed by atoms with E-state index >= 15 is 0 Å². The van der Waals surface area contributed by atoms with Gasteiger partial charge in [-0.2, -0.15) is 9.13 Å². The number of aromatic nitrogens is 2. The van der Waals surface area contributed by atoms with Crippen molar-refractivity contribution < 1.29 is 9.13 Å². The van der Waals surface area contributed by atoms with E-state index in [-0.39, 0.29) is 0 Å². The normalized spacial score (nSPS) is 16.2. The predicted molar refractivity (Wildman–Crippen MR) is 217 cm³/mol. The lowest BCUT2D eigenvalue weighted by molar-refractivity contribution is -0.720. The van der Waals surface area contributed by atoms with Crippen molar-refractivity contribution in [3.8, 4) is 33.6 Å². The highest BCUT2D eigenvalue weighted by molar-refractivity contribution is 5.76. The Labute approximate surface area is 309 Å². The molecule has 3 nitrogen and oxygen atoms in total. The summed E-state index contributed by atoms with van der Waals surface area (Å²) in [4.78, 5) is 2.41. The van der Waals surface area contributed by atoms with E-state index in [0.29, 0.717) is 12.0 Å². The van der Waals surface area contributed by atoms with Crippen LogP contribution in [0, 0.1) is 0 Å². The molecule has 0 saturated heterocycles. The molecule has 0 spiro atoms. The van der Waals surface area contributed by atoms with E-state index in [1.165, 1.54) is 56.1 Å². The minimum absolute atomic E-state index is 0.292. The number of hydrogen-bond donors (Lipinski definition) is 0. The van der Waals surface area contributed by atoms with Crippen LogP contribution in [-0.2, 0) is 6.42 Å². The molecule has 0 bridgehead atoms. The first-order valence-electron chi connectivity index (χ1n) is 18.8. The predicted octanol–water partition coefficient (Wildman–Crippen LogP) is 11.5. The molecule has 256 valence electrons. The number of fused-ring (bicyclic) bond motifs is 9. The summed E-state index contributed by atoms with van der Waals surface area (Å²) in [5.41, 5.74) is 15.0. The van der Waals surface area contributed by atoms with Crippen LogP contribution in [-0.4, -0.2) is 6.54 Å². The van der Waals surface area contributed by atoms with Crippen LogP contribution in [0.25, 0.3) is 45.4 Å². The summed E-state index contributed by atoms with van der Waals surface area (Å²) >= 11 is 0. The number of benzene rings is 4. The third kappa shape index (κ3) is 6.44. The maximum absolute atomic E-state index is 4.73. The first kappa shape index (κ1) is 33.3. The summed E-state index contributed by atoms with van der Waals surface area (Å²) in [6, 6.07) is 47.3. The number of rotatable bonds is 8. The Morgan fingerprint density at radius 3 is 2.23 bits per heavy atom. The highest BCUT2D eigenvalue weighted by Gasteiger charge is 2.42. The number of aryl methyl sites for hydroxylation is 1. The molecular formula is C49H47N3+2. The van der Waals surface area contributed by atoms with Crippen molar-refractivity contribution >= 4 is 23.1 Å². The molecule has 2 atom stereocenters. The second-order valence-electron chi connectivity index (χ2n) is 14.1. The zero-order valence-electron chi connectivity index (χ0n) is 30.2. The minimum atomic E-state index is 0.292. The van der Waals surface area contributed by atoms with Gasteiger partial charge in [-0.05, 0) is 109 Å². The van der Waals surface area contributed by atoms with Crippen molar-refractivity contribution in [2.45, 2.75) is 51.0 Å². The molecule has 0 fully saturated rings. The van der Waals surface area contributed by atoms with Crippen molar-refractivity contribution in [2.24, 2.45) is 0 Å². The minimum Gasteiger partial charge on any atom is -0.341 e. The lowest BCUT2D eigenvalue weighted by Gasteiger charge is -2.31. The Morgan fingerprint density at radius 2 is 1.44 bits per heavy atom. The van der Waals surface area contributed by atoms with Crippen molar-refractivity contribution in [1.82, 2.24) is 0 Å². The van der Waals surface area contributed by atoms with Crippen LogP contribution in [0.3, 0.4) is 0 Å². The Hall–Kier alpha value is -5.80. The average molecular weight is 678 g/mol. The van der Waals surface area contributed by atoms with Crippen LogP contribution in [0.15, 0.2) is 165 Å². The van der Waals surface area contributed by atoms with Gasteiger partial charge in [0.05, 0.1) is 12.0 Å². The maximum atomic E-state index is 4.73. The fourth-order valence-corrected chi connectivity index (χ4v) is 8.34. The quantitative estimate of drug-likeness (QED) is 0.115. The molecule has 4 heterocycles. The van der Waals surface area contributed by atoms with E-state index in [4.69, 9.17) is 6.58 Å². The Balaban J connectivity index is 1.15. The number of nitrogens with zero attached hydrogens (tertiary/aromatic N) is 3. The zero-order valence-corrected chi connectivity index (χ0v) is 30.2. The Morgan fingerprint density at radius 1 is 0.731 bits per heavy atom. The smallest absolute Gasteiger partial charge is 0.218 e. The summed E-state index contributed by atoms with van der Waals surface area (Å²) in [6.45, 7) is 11.8. The van der Waals surface area contributed by atoms with E-state index in [0.717, 1.165) is 49.9 Å². The summed E-state index contributed by atoms with van der Waals surface area (Å²) in [7, 11) is 0. The van der Waals surface area contributed by atoms with Crippen molar-refractivity contribution in [1.29, 1.82) is 0 Å². The Kier molecular flexibility index (Phi) is 9.50. The third-order valence-electron chi connectivity index (χ3n) is 11.0. The van der Waals surface area contributed by atoms with Crippen molar-refractivity contribution in [3.05, 3.63) is 182 Å². The van der Waals surface area contributed by atoms with Gasteiger partial charge in [-0.25, -0.2) is 0 Å². The molecule has 0 amide bonds. The molecule has 6 aromatic rings. The van der Waals surface area contributed by atoms with Gasteiger partial charge in [0.1, 0.15) is 0 Å². The van der Waals surface area contributed by atoms with E-state index in [1.54, 1.807) is 0 Å². The molecule has 4 aromatic carbocycles. The molecule has 2 unspecified atom stereocenters. The average Bonchev–Trinajstić information content (AvgIpc) is 3.20. The number of hydrogen-bond acceptors (Lipinski definition) is 1. The van der Waals surface area contributed by atoms with Crippen LogP contribution < -0.4 is 14.0 Å². The first-order chi connectivity index (χ1) is 25.6. The standard InChI is InChI=1S/C49H47N3/c1-4-6-7-12-32-51(41-26-19-37(5-2)20-27-41)42-28-23-38(24-29-42)40-22-21-39-25-30-45-43-15-8-9-16-44(43)47-17-11-14-33-52(47)49(45)34-36(3)50-31-13-10-18-48(50)46(39)35-40/h5-11,13-24,26-29,31,33,35,45,49H,2-4,12,25,30,32,34H2,1H3/q+2/b7-6+. The van der Waals surface area contributed by atoms with Crippen molar-refractivity contribution in [3.63, 3.8) is 0 Å². The fraction of sp³-hybridized carbons (Fsp3) is 0.184. The van der Waals surface area contributed by atoms with Gasteiger partial charge >= 0.3 is 0 Å². The van der Waals surface area contributed by atoms with Gasteiger partial charge in [-0.3, -0.25) is 0 Å². The molecule has 0 saturated carbocycles. The van der Waals surface area contributed by atoms with Gasteiger partial charge in [0.2, 0.25) is 11.4 Å².